The van der Waals surface area contributed by atoms with Gasteiger partial charge in [0, 0.05) is 25.7 Å². The third-order valence-corrected chi connectivity index (χ3v) is 2.51. The summed E-state index contributed by atoms with van der Waals surface area (Å²) in [6, 6.07) is 0. The van der Waals surface area contributed by atoms with Crippen LogP contribution in [0.5, 0.6) is 0 Å². The second kappa shape index (κ2) is 4.44. The van der Waals surface area contributed by atoms with Crippen LogP contribution in [0.3, 0.4) is 0 Å². The summed E-state index contributed by atoms with van der Waals surface area (Å²) in [4.78, 5) is 11.4. The minimum atomic E-state index is -0.119. The number of nitrogens with one attached hydrogen (secondary N) is 1. The monoisotopic (exact) mass is 224 g/mol. The SMILES string of the molecule is NCC(=CF)Cn1cc2c(n1)CCNC2=O. The number of carbonyl (C=O) groups is 1. The van der Waals surface area contributed by atoms with Crippen LogP contribution in [-0.2, 0) is 13.0 Å². The molecule has 0 atom stereocenters. The Morgan fingerprint density at radius 2 is 2.56 bits per heavy atom. The summed E-state index contributed by atoms with van der Waals surface area (Å²) in [7, 11) is 0. The minimum absolute atomic E-state index is 0.119. The highest BCUT2D eigenvalue weighted by Gasteiger charge is 2.20. The maximum atomic E-state index is 12.3. The van der Waals surface area contributed by atoms with E-state index in [1.165, 1.54) is 0 Å². The third kappa shape index (κ3) is 1.96. The molecule has 1 aliphatic rings. The highest BCUT2D eigenvalue weighted by molar-refractivity contribution is 5.96. The number of nitrogens with two attached hydrogens (primary N) is 1. The van der Waals surface area contributed by atoms with Gasteiger partial charge in [-0.2, -0.15) is 5.10 Å². The van der Waals surface area contributed by atoms with Gasteiger partial charge in [0.1, 0.15) is 0 Å². The van der Waals surface area contributed by atoms with E-state index in [9.17, 15) is 9.18 Å². The molecule has 0 fully saturated rings. The number of rotatable bonds is 3. The van der Waals surface area contributed by atoms with Gasteiger partial charge in [0.15, 0.2) is 0 Å². The molecule has 86 valence electrons. The zero-order chi connectivity index (χ0) is 11.5. The van der Waals surface area contributed by atoms with Crippen LogP contribution in [0.15, 0.2) is 18.1 Å². The Balaban J connectivity index is 2.21. The number of halogens is 1. The summed E-state index contributed by atoms with van der Waals surface area (Å²) < 4.78 is 13.9. The molecule has 0 radical (unpaired) electrons. The number of aromatic nitrogens is 2. The average molecular weight is 224 g/mol. The highest BCUT2D eigenvalue weighted by Crippen LogP contribution is 2.12. The maximum Gasteiger partial charge on any atom is 0.254 e. The van der Waals surface area contributed by atoms with Crippen molar-refractivity contribution in [2.45, 2.75) is 13.0 Å². The Bertz CT molecular complexity index is 438. The first-order valence-electron chi connectivity index (χ1n) is 5.07. The normalized spacial score (nSPS) is 15.9. The molecule has 1 amide bonds. The quantitative estimate of drug-likeness (QED) is 0.758. The van der Waals surface area contributed by atoms with E-state index in [1.54, 1.807) is 10.9 Å². The lowest BCUT2D eigenvalue weighted by atomic mass is 10.1. The van der Waals surface area contributed by atoms with E-state index in [-0.39, 0.29) is 19.0 Å². The summed E-state index contributed by atoms with van der Waals surface area (Å²) in [6.45, 7) is 1.03. The molecule has 2 heterocycles. The van der Waals surface area contributed by atoms with Crippen molar-refractivity contribution in [3.05, 3.63) is 29.4 Å². The number of hydrogen-bond acceptors (Lipinski definition) is 3. The molecule has 0 spiro atoms. The fraction of sp³-hybridized carbons (Fsp3) is 0.400. The van der Waals surface area contributed by atoms with Crippen molar-refractivity contribution >= 4 is 5.91 Å². The Labute approximate surface area is 92.1 Å². The van der Waals surface area contributed by atoms with Crippen LogP contribution in [0.25, 0.3) is 0 Å². The molecule has 0 bridgehead atoms. The van der Waals surface area contributed by atoms with E-state index in [1.807, 2.05) is 0 Å². The van der Waals surface area contributed by atoms with Gasteiger partial charge in [-0.15, -0.1) is 0 Å². The minimum Gasteiger partial charge on any atom is -0.352 e. The fourth-order valence-electron chi connectivity index (χ4n) is 1.66. The number of carbonyl (C=O) groups excluding carboxylic acids is 1. The number of hydrogen-bond donors (Lipinski definition) is 2. The van der Waals surface area contributed by atoms with Gasteiger partial charge in [0.2, 0.25) is 0 Å². The molecule has 16 heavy (non-hydrogen) atoms. The van der Waals surface area contributed by atoms with Gasteiger partial charge in [0.25, 0.3) is 5.91 Å². The molecule has 0 saturated heterocycles. The molecule has 2 rings (SSSR count). The van der Waals surface area contributed by atoms with Crippen LogP contribution < -0.4 is 11.1 Å². The van der Waals surface area contributed by atoms with Gasteiger partial charge < -0.3 is 11.1 Å². The summed E-state index contributed by atoms with van der Waals surface area (Å²) in [5.41, 5.74) is 7.13. The second-order valence-electron chi connectivity index (χ2n) is 3.66. The molecule has 6 heteroatoms. The summed E-state index contributed by atoms with van der Waals surface area (Å²) >= 11 is 0. The van der Waals surface area contributed by atoms with Crippen molar-refractivity contribution in [2.75, 3.05) is 13.1 Å². The molecule has 0 saturated carbocycles. The Kier molecular flexibility index (Phi) is 3.00. The molecule has 1 aromatic heterocycles. The van der Waals surface area contributed by atoms with Gasteiger partial charge in [0.05, 0.1) is 24.1 Å². The summed E-state index contributed by atoms with van der Waals surface area (Å²) in [5, 5.41) is 6.96. The molecule has 0 aliphatic carbocycles. The standard InChI is InChI=1S/C10H13FN4O/c11-3-7(4-12)5-15-6-8-9(14-15)1-2-13-10(8)16/h3,6H,1-2,4-5,12H2,(H,13,16). The van der Waals surface area contributed by atoms with Crippen LogP contribution >= 0.6 is 0 Å². The van der Waals surface area contributed by atoms with Crippen LogP contribution in [0.2, 0.25) is 0 Å². The smallest absolute Gasteiger partial charge is 0.254 e. The first-order valence-corrected chi connectivity index (χ1v) is 5.07. The van der Waals surface area contributed by atoms with Crippen molar-refractivity contribution in [1.82, 2.24) is 15.1 Å². The maximum absolute atomic E-state index is 12.3. The Morgan fingerprint density at radius 3 is 3.19 bits per heavy atom. The molecule has 0 aromatic carbocycles. The molecule has 3 N–H and O–H groups in total. The number of fused-ring (bicyclic) bond motifs is 1. The number of nitrogens with zero attached hydrogens (tertiary/aromatic N) is 2. The Hall–Kier alpha value is -1.69. The largest absolute Gasteiger partial charge is 0.352 e. The first kappa shape index (κ1) is 10.8. The lowest BCUT2D eigenvalue weighted by Crippen LogP contribution is -2.31. The molecule has 5 nitrogen and oxygen atoms in total. The zero-order valence-corrected chi connectivity index (χ0v) is 8.74. The Morgan fingerprint density at radius 1 is 1.75 bits per heavy atom. The van der Waals surface area contributed by atoms with Crippen LogP contribution in [0, 0.1) is 0 Å². The lowest BCUT2D eigenvalue weighted by molar-refractivity contribution is 0.0946. The molecular formula is C10H13FN4O. The summed E-state index contributed by atoms with van der Waals surface area (Å²) in [5.74, 6) is -0.119. The zero-order valence-electron chi connectivity index (χ0n) is 8.74. The first-order chi connectivity index (χ1) is 7.74. The predicted octanol–water partition coefficient (Wildman–Crippen LogP) is -0.0189. The highest BCUT2D eigenvalue weighted by atomic mass is 19.1. The van der Waals surface area contributed by atoms with E-state index >= 15 is 0 Å². The van der Waals surface area contributed by atoms with Crippen LogP contribution in [0.4, 0.5) is 4.39 Å². The topological polar surface area (TPSA) is 72.9 Å². The van der Waals surface area contributed by atoms with E-state index in [0.717, 1.165) is 5.69 Å². The average Bonchev–Trinajstić information content (AvgIpc) is 2.70. The van der Waals surface area contributed by atoms with Gasteiger partial charge in [-0.25, -0.2) is 4.39 Å². The predicted molar refractivity (Wildman–Crippen MR) is 56.5 cm³/mol. The fourth-order valence-corrected chi connectivity index (χ4v) is 1.66. The van der Waals surface area contributed by atoms with E-state index in [4.69, 9.17) is 5.73 Å². The van der Waals surface area contributed by atoms with Crippen molar-refractivity contribution in [1.29, 1.82) is 0 Å². The molecular weight excluding hydrogens is 211 g/mol. The van der Waals surface area contributed by atoms with Crippen molar-refractivity contribution in [3.63, 3.8) is 0 Å². The van der Waals surface area contributed by atoms with Gasteiger partial charge in [-0.05, 0) is 5.57 Å². The van der Waals surface area contributed by atoms with E-state index in [0.29, 0.717) is 30.4 Å². The lowest BCUT2D eigenvalue weighted by Gasteiger charge is -2.09. The molecule has 1 aliphatic heterocycles. The molecule has 1 aromatic rings. The van der Waals surface area contributed by atoms with Crippen molar-refractivity contribution in [2.24, 2.45) is 5.73 Å². The van der Waals surface area contributed by atoms with E-state index < -0.39 is 0 Å². The van der Waals surface area contributed by atoms with Crippen LogP contribution in [0.1, 0.15) is 16.1 Å². The van der Waals surface area contributed by atoms with Gasteiger partial charge in [-0.1, -0.05) is 0 Å². The van der Waals surface area contributed by atoms with Gasteiger partial charge >= 0.3 is 0 Å². The summed E-state index contributed by atoms with van der Waals surface area (Å²) in [6.07, 6.45) is 2.83. The van der Waals surface area contributed by atoms with Crippen molar-refractivity contribution in [3.8, 4) is 0 Å². The molecule has 0 unspecified atom stereocenters. The number of amides is 1. The van der Waals surface area contributed by atoms with Gasteiger partial charge in [-0.3, -0.25) is 9.48 Å². The second-order valence-corrected chi connectivity index (χ2v) is 3.66. The third-order valence-electron chi connectivity index (χ3n) is 2.51. The van der Waals surface area contributed by atoms with Crippen molar-refractivity contribution < 1.29 is 9.18 Å². The van der Waals surface area contributed by atoms with Crippen LogP contribution in [-0.4, -0.2) is 28.8 Å². The van der Waals surface area contributed by atoms with E-state index in [2.05, 4.69) is 10.4 Å².